The first-order valence-electron chi connectivity index (χ1n) is 5.88. The molecular formula is C12H16N2O3S2. The van der Waals surface area contributed by atoms with Crippen LogP contribution in [0.5, 0.6) is 0 Å². The summed E-state index contributed by atoms with van der Waals surface area (Å²) in [5.74, 6) is 0. The Morgan fingerprint density at radius 3 is 2.63 bits per heavy atom. The van der Waals surface area contributed by atoms with E-state index in [0.29, 0.717) is 17.9 Å². The predicted molar refractivity (Wildman–Crippen MR) is 72.5 cm³/mol. The number of hydrogen-bond acceptors (Lipinski definition) is 5. The molecule has 1 aliphatic rings. The third-order valence-electron chi connectivity index (χ3n) is 3.45. The van der Waals surface area contributed by atoms with Gasteiger partial charge in [-0.05, 0) is 19.9 Å². The van der Waals surface area contributed by atoms with E-state index < -0.39 is 15.6 Å². The van der Waals surface area contributed by atoms with Crippen LogP contribution in [0.2, 0.25) is 0 Å². The summed E-state index contributed by atoms with van der Waals surface area (Å²) in [5.41, 5.74) is -1.08. The van der Waals surface area contributed by atoms with Crippen LogP contribution < -0.4 is 0 Å². The van der Waals surface area contributed by atoms with Gasteiger partial charge in [-0.1, -0.05) is 0 Å². The molecule has 7 heteroatoms. The highest BCUT2D eigenvalue weighted by Gasteiger charge is 2.45. The van der Waals surface area contributed by atoms with Crippen molar-refractivity contribution in [1.82, 2.24) is 4.31 Å². The van der Waals surface area contributed by atoms with Gasteiger partial charge in [-0.3, -0.25) is 0 Å². The Morgan fingerprint density at radius 2 is 2.21 bits per heavy atom. The maximum absolute atomic E-state index is 12.6. The highest BCUT2D eigenvalue weighted by Crippen LogP contribution is 2.33. The summed E-state index contributed by atoms with van der Waals surface area (Å²) in [7, 11) is -2.20. The van der Waals surface area contributed by atoms with Crippen LogP contribution in [0.1, 0.15) is 16.2 Å². The van der Waals surface area contributed by atoms with Crippen molar-refractivity contribution >= 4 is 21.4 Å². The van der Waals surface area contributed by atoms with E-state index in [1.54, 1.807) is 13.0 Å². The Labute approximate surface area is 117 Å². The minimum atomic E-state index is -3.66. The van der Waals surface area contributed by atoms with Gasteiger partial charge in [0.05, 0.1) is 17.6 Å². The monoisotopic (exact) mass is 300 g/mol. The number of thiophene rings is 1. The van der Waals surface area contributed by atoms with Crippen LogP contribution in [0.3, 0.4) is 0 Å². The van der Waals surface area contributed by atoms with Crippen molar-refractivity contribution in [2.24, 2.45) is 0 Å². The van der Waals surface area contributed by atoms with Crippen molar-refractivity contribution in [3.05, 3.63) is 15.8 Å². The molecule has 0 N–H and O–H groups in total. The second kappa shape index (κ2) is 4.87. The van der Waals surface area contributed by atoms with Gasteiger partial charge >= 0.3 is 0 Å². The van der Waals surface area contributed by atoms with Crippen LogP contribution in [-0.2, 0) is 14.8 Å². The molecule has 0 aliphatic carbocycles. The van der Waals surface area contributed by atoms with Crippen molar-refractivity contribution in [3.8, 4) is 6.07 Å². The van der Waals surface area contributed by atoms with E-state index in [0.717, 1.165) is 9.75 Å². The van der Waals surface area contributed by atoms with Gasteiger partial charge < -0.3 is 4.74 Å². The van der Waals surface area contributed by atoms with Crippen molar-refractivity contribution < 1.29 is 13.2 Å². The van der Waals surface area contributed by atoms with Crippen LogP contribution in [-0.4, -0.2) is 38.5 Å². The maximum atomic E-state index is 12.6. The zero-order valence-electron chi connectivity index (χ0n) is 11.1. The van der Waals surface area contributed by atoms with Crippen LogP contribution in [0.25, 0.3) is 0 Å². The van der Waals surface area contributed by atoms with Gasteiger partial charge in [-0.2, -0.15) is 9.57 Å². The first-order valence-corrected chi connectivity index (χ1v) is 8.14. The third-order valence-corrected chi connectivity index (χ3v) is 6.59. The van der Waals surface area contributed by atoms with E-state index in [9.17, 15) is 13.7 Å². The van der Waals surface area contributed by atoms with Crippen molar-refractivity contribution in [1.29, 1.82) is 5.26 Å². The van der Waals surface area contributed by atoms with Crippen LogP contribution >= 0.6 is 11.3 Å². The molecule has 1 saturated heterocycles. The number of hydrogen-bond donors (Lipinski definition) is 0. The smallest absolute Gasteiger partial charge is 0.245 e. The lowest BCUT2D eigenvalue weighted by atomic mass is 10.0. The molecule has 104 valence electrons. The van der Waals surface area contributed by atoms with Crippen LogP contribution in [0.15, 0.2) is 11.0 Å². The van der Waals surface area contributed by atoms with E-state index >= 15 is 0 Å². The molecule has 1 aliphatic heterocycles. The summed E-state index contributed by atoms with van der Waals surface area (Å²) < 4.78 is 31.7. The average Bonchev–Trinajstić information content (AvgIpc) is 2.95. The Kier molecular flexibility index (Phi) is 3.71. The van der Waals surface area contributed by atoms with Gasteiger partial charge in [0.25, 0.3) is 0 Å². The molecule has 1 fully saturated rings. The number of rotatable bonds is 3. The zero-order chi connectivity index (χ0) is 14.3. The molecule has 2 rings (SSSR count). The maximum Gasteiger partial charge on any atom is 0.245 e. The Hall–Kier alpha value is -0.940. The number of nitrogens with zero attached hydrogens (tertiary/aromatic N) is 2. The second-order valence-corrected chi connectivity index (χ2v) is 8.09. The molecule has 0 spiro atoms. The molecule has 0 saturated carbocycles. The quantitative estimate of drug-likeness (QED) is 0.851. The van der Waals surface area contributed by atoms with Gasteiger partial charge in [0.1, 0.15) is 5.54 Å². The van der Waals surface area contributed by atoms with Gasteiger partial charge in [-0.15, -0.1) is 11.3 Å². The SMILES string of the molecule is Cc1cc(S(=O)(=O)N(C)[C@@]2(C#N)CCOC2)c(C)s1. The molecule has 5 nitrogen and oxygen atoms in total. The van der Waals surface area contributed by atoms with Crippen molar-refractivity contribution in [2.45, 2.75) is 30.7 Å². The molecule has 0 radical (unpaired) electrons. The Balaban J connectivity index is 2.45. The van der Waals surface area contributed by atoms with Gasteiger partial charge in [-0.25, -0.2) is 8.42 Å². The molecule has 0 aromatic carbocycles. The fraction of sp³-hybridized carbons (Fsp3) is 0.583. The van der Waals surface area contributed by atoms with E-state index in [1.165, 1.54) is 22.7 Å². The van der Waals surface area contributed by atoms with Crippen molar-refractivity contribution in [3.63, 3.8) is 0 Å². The topological polar surface area (TPSA) is 70.4 Å². The summed E-state index contributed by atoms with van der Waals surface area (Å²) >= 11 is 1.44. The number of ether oxygens (including phenoxy) is 1. The molecule has 1 aromatic heterocycles. The average molecular weight is 300 g/mol. The fourth-order valence-corrected chi connectivity index (χ4v) is 5.17. The standard InChI is InChI=1S/C12H16N2O3S2/c1-9-6-11(10(2)18-9)19(15,16)14(3)12(7-13)4-5-17-8-12/h6H,4-5,8H2,1-3H3/t12-/m1/s1. The van der Waals surface area contributed by atoms with Crippen LogP contribution in [0.4, 0.5) is 0 Å². The molecule has 19 heavy (non-hydrogen) atoms. The highest BCUT2D eigenvalue weighted by atomic mass is 32.2. The first-order chi connectivity index (χ1) is 8.83. The molecule has 1 aromatic rings. The molecular weight excluding hydrogens is 284 g/mol. The number of likely N-dealkylation sites (N-methyl/N-ethyl adjacent to an activating group) is 1. The lowest BCUT2D eigenvalue weighted by Crippen LogP contribution is -2.49. The fourth-order valence-electron chi connectivity index (χ4n) is 2.20. The molecule has 0 amide bonds. The summed E-state index contributed by atoms with van der Waals surface area (Å²) in [4.78, 5) is 1.98. The highest BCUT2D eigenvalue weighted by molar-refractivity contribution is 7.89. The van der Waals surface area contributed by atoms with E-state index in [2.05, 4.69) is 6.07 Å². The largest absolute Gasteiger partial charge is 0.378 e. The Bertz CT molecular complexity index is 622. The molecule has 0 bridgehead atoms. The minimum Gasteiger partial charge on any atom is -0.378 e. The number of nitriles is 1. The van der Waals surface area contributed by atoms with Gasteiger partial charge in [0.15, 0.2) is 0 Å². The van der Waals surface area contributed by atoms with E-state index in [4.69, 9.17) is 4.74 Å². The van der Waals surface area contributed by atoms with Gasteiger partial charge in [0.2, 0.25) is 10.0 Å². The lowest BCUT2D eigenvalue weighted by molar-refractivity contribution is 0.162. The van der Waals surface area contributed by atoms with Crippen LogP contribution in [0, 0.1) is 25.2 Å². The zero-order valence-corrected chi connectivity index (χ0v) is 12.8. The lowest BCUT2D eigenvalue weighted by Gasteiger charge is -2.29. The number of sulfonamides is 1. The summed E-state index contributed by atoms with van der Waals surface area (Å²) in [5, 5.41) is 9.34. The summed E-state index contributed by atoms with van der Waals surface area (Å²) in [6, 6.07) is 3.76. The molecule has 0 unspecified atom stereocenters. The normalized spacial score (nSPS) is 23.7. The van der Waals surface area contributed by atoms with Crippen molar-refractivity contribution in [2.75, 3.05) is 20.3 Å². The second-order valence-electron chi connectivity index (χ2n) is 4.70. The minimum absolute atomic E-state index is 0.126. The summed E-state index contributed by atoms with van der Waals surface area (Å²) in [6.07, 6.45) is 0.404. The predicted octanol–water partition coefficient (Wildman–Crippen LogP) is 1.67. The number of aryl methyl sites for hydroxylation is 2. The molecule has 2 heterocycles. The van der Waals surface area contributed by atoms with Gasteiger partial charge in [0, 0.05) is 29.8 Å². The molecule has 1 atom stereocenters. The van der Waals surface area contributed by atoms with E-state index in [1.807, 2.05) is 6.92 Å². The first kappa shape index (κ1) is 14.5. The summed E-state index contributed by atoms with van der Waals surface area (Å²) in [6.45, 7) is 4.19. The van der Waals surface area contributed by atoms with E-state index in [-0.39, 0.29) is 6.61 Å². The third kappa shape index (κ3) is 2.30. The Morgan fingerprint density at radius 1 is 1.53 bits per heavy atom.